The molecular weight excluding hydrogens is 300 g/mol. The van der Waals surface area contributed by atoms with Gasteiger partial charge < -0.3 is 25.2 Å². The number of hydrogen-bond donors (Lipinski definition) is 3. The number of carboxylic acid groups (broad SMARTS) is 1. The molecule has 0 heterocycles. The summed E-state index contributed by atoms with van der Waals surface area (Å²) < 4.78 is 10.4. The molecule has 0 spiro atoms. The fourth-order valence-corrected chi connectivity index (χ4v) is 2.02. The van der Waals surface area contributed by atoms with E-state index in [2.05, 4.69) is 10.6 Å². The molecule has 0 aliphatic heterocycles. The quantitative estimate of drug-likeness (QED) is 0.573. The van der Waals surface area contributed by atoms with Crippen molar-refractivity contribution >= 4 is 12.0 Å². The van der Waals surface area contributed by atoms with Crippen LogP contribution >= 0.6 is 0 Å². The molecule has 0 unspecified atom stereocenters. The summed E-state index contributed by atoms with van der Waals surface area (Å²) in [7, 11) is 3.13. The second-order valence-corrected chi connectivity index (χ2v) is 5.00. The summed E-state index contributed by atoms with van der Waals surface area (Å²) in [4.78, 5) is 22.0. The van der Waals surface area contributed by atoms with Crippen LogP contribution in [0.1, 0.15) is 31.2 Å². The number of hydrogen-bond acceptors (Lipinski definition) is 4. The Morgan fingerprint density at radius 1 is 1.04 bits per heavy atom. The largest absolute Gasteiger partial charge is 0.493 e. The summed E-state index contributed by atoms with van der Waals surface area (Å²) >= 11 is 0. The lowest BCUT2D eigenvalue weighted by Crippen LogP contribution is -2.35. The van der Waals surface area contributed by atoms with Crippen molar-refractivity contribution in [3.05, 3.63) is 23.8 Å². The molecule has 0 saturated heterocycles. The van der Waals surface area contributed by atoms with Crippen LogP contribution in [0.5, 0.6) is 11.5 Å². The fraction of sp³-hybridized carbons (Fsp3) is 0.500. The van der Waals surface area contributed by atoms with Gasteiger partial charge in [-0.1, -0.05) is 12.5 Å². The number of amides is 2. The van der Waals surface area contributed by atoms with Crippen molar-refractivity contribution in [2.75, 3.05) is 20.8 Å². The highest BCUT2D eigenvalue weighted by Gasteiger charge is 2.06. The lowest BCUT2D eigenvalue weighted by molar-refractivity contribution is -0.137. The average Bonchev–Trinajstić information content (AvgIpc) is 2.55. The van der Waals surface area contributed by atoms with Crippen LogP contribution in [-0.4, -0.2) is 37.9 Å². The molecule has 0 aliphatic carbocycles. The van der Waals surface area contributed by atoms with Crippen LogP contribution in [0, 0.1) is 0 Å². The third-order valence-corrected chi connectivity index (χ3v) is 3.25. The maximum Gasteiger partial charge on any atom is 0.315 e. The number of unbranched alkanes of at least 4 members (excludes halogenated alkanes) is 2. The van der Waals surface area contributed by atoms with E-state index in [0.29, 0.717) is 31.0 Å². The Morgan fingerprint density at radius 2 is 1.78 bits per heavy atom. The number of carboxylic acids is 1. The number of ether oxygens (including phenoxy) is 2. The summed E-state index contributed by atoms with van der Waals surface area (Å²) in [6.07, 6.45) is 2.34. The molecule has 0 saturated carbocycles. The number of urea groups is 1. The van der Waals surface area contributed by atoms with Gasteiger partial charge in [0.15, 0.2) is 11.5 Å². The van der Waals surface area contributed by atoms with Gasteiger partial charge in [-0.05, 0) is 30.5 Å². The van der Waals surface area contributed by atoms with Crippen LogP contribution in [0.15, 0.2) is 18.2 Å². The smallest absolute Gasteiger partial charge is 0.315 e. The van der Waals surface area contributed by atoms with Crippen molar-refractivity contribution in [3.63, 3.8) is 0 Å². The number of nitrogens with one attached hydrogen (secondary N) is 2. The van der Waals surface area contributed by atoms with Crippen LogP contribution in [0.25, 0.3) is 0 Å². The van der Waals surface area contributed by atoms with Gasteiger partial charge in [0.25, 0.3) is 0 Å². The first kappa shape index (κ1) is 18.6. The second-order valence-electron chi connectivity index (χ2n) is 5.00. The predicted octanol–water partition coefficient (Wildman–Crippen LogP) is 2.15. The van der Waals surface area contributed by atoms with Gasteiger partial charge in [-0.15, -0.1) is 0 Å². The molecule has 0 fully saturated rings. The van der Waals surface area contributed by atoms with E-state index in [1.165, 1.54) is 0 Å². The molecule has 0 aliphatic rings. The van der Waals surface area contributed by atoms with Crippen LogP contribution < -0.4 is 20.1 Å². The van der Waals surface area contributed by atoms with Gasteiger partial charge in [-0.2, -0.15) is 0 Å². The van der Waals surface area contributed by atoms with Crippen molar-refractivity contribution in [2.45, 2.75) is 32.2 Å². The first-order valence-corrected chi connectivity index (χ1v) is 7.51. The van der Waals surface area contributed by atoms with Crippen molar-refractivity contribution in [1.29, 1.82) is 0 Å². The van der Waals surface area contributed by atoms with Crippen LogP contribution in [-0.2, 0) is 11.3 Å². The van der Waals surface area contributed by atoms with E-state index in [9.17, 15) is 9.59 Å². The molecule has 3 N–H and O–H groups in total. The molecule has 23 heavy (non-hydrogen) atoms. The summed E-state index contributed by atoms with van der Waals surface area (Å²) in [6, 6.07) is 5.20. The molecule has 1 aromatic rings. The fourth-order valence-electron chi connectivity index (χ4n) is 2.02. The number of methoxy groups -OCH3 is 2. The van der Waals surface area contributed by atoms with Crippen LogP contribution in [0.2, 0.25) is 0 Å². The molecule has 0 atom stereocenters. The highest BCUT2D eigenvalue weighted by Crippen LogP contribution is 2.27. The molecule has 7 heteroatoms. The molecule has 0 bridgehead atoms. The third kappa shape index (κ3) is 7.39. The molecule has 128 valence electrons. The minimum Gasteiger partial charge on any atom is -0.493 e. The van der Waals surface area contributed by atoms with Gasteiger partial charge in [0.1, 0.15) is 0 Å². The maximum atomic E-state index is 11.7. The van der Waals surface area contributed by atoms with Gasteiger partial charge in [0, 0.05) is 19.5 Å². The molecule has 1 rings (SSSR count). The third-order valence-electron chi connectivity index (χ3n) is 3.25. The van der Waals surface area contributed by atoms with E-state index in [-0.39, 0.29) is 12.5 Å². The van der Waals surface area contributed by atoms with Crippen molar-refractivity contribution in [2.24, 2.45) is 0 Å². The van der Waals surface area contributed by atoms with Crippen LogP contribution in [0.3, 0.4) is 0 Å². The number of carbonyl (C=O) groups excluding carboxylic acids is 1. The molecule has 7 nitrogen and oxygen atoms in total. The lowest BCUT2D eigenvalue weighted by Gasteiger charge is -2.11. The maximum absolute atomic E-state index is 11.7. The average molecular weight is 324 g/mol. The van der Waals surface area contributed by atoms with E-state index in [0.717, 1.165) is 18.4 Å². The Labute approximate surface area is 136 Å². The van der Waals surface area contributed by atoms with Crippen molar-refractivity contribution in [1.82, 2.24) is 10.6 Å². The van der Waals surface area contributed by atoms with E-state index >= 15 is 0 Å². The van der Waals surface area contributed by atoms with E-state index in [1.54, 1.807) is 20.3 Å². The van der Waals surface area contributed by atoms with Gasteiger partial charge in [-0.3, -0.25) is 4.79 Å². The number of aliphatic carboxylic acids is 1. The summed E-state index contributed by atoms with van der Waals surface area (Å²) in [6.45, 7) is 0.905. The van der Waals surface area contributed by atoms with E-state index in [1.807, 2.05) is 12.1 Å². The molecule has 0 aromatic heterocycles. The Balaban J connectivity index is 2.24. The second kappa shape index (κ2) is 10.3. The Hall–Kier alpha value is -2.44. The minimum atomic E-state index is -0.786. The predicted molar refractivity (Wildman–Crippen MR) is 85.9 cm³/mol. The number of carbonyl (C=O) groups is 2. The number of benzene rings is 1. The lowest BCUT2D eigenvalue weighted by atomic mass is 10.2. The van der Waals surface area contributed by atoms with E-state index in [4.69, 9.17) is 14.6 Å². The van der Waals surface area contributed by atoms with E-state index < -0.39 is 5.97 Å². The molecule has 2 amide bonds. The van der Waals surface area contributed by atoms with Gasteiger partial charge >= 0.3 is 12.0 Å². The molecule has 1 aromatic carbocycles. The monoisotopic (exact) mass is 324 g/mol. The first-order chi connectivity index (χ1) is 11.1. The standard InChI is InChI=1S/C16H24N2O5/c1-22-13-8-7-12(10-14(13)23-2)11-18-16(21)17-9-5-3-4-6-15(19)20/h7-8,10H,3-6,9,11H2,1-2H3,(H,19,20)(H2,17,18,21). The molecular formula is C16H24N2O5. The highest BCUT2D eigenvalue weighted by molar-refractivity contribution is 5.73. The van der Waals surface area contributed by atoms with Gasteiger partial charge in [0.2, 0.25) is 0 Å². The number of rotatable bonds is 10. The van der Waals surface area contributed by atoms with Crippen molar-refractivity contribution < 1.29 is 24.2 Å². The normalized spacial score (nSPS) is 10.0. The highest BCUT2D eigenvalue weighted by atomic mass is 16.5. The Kier molecular flexibility index (Phi) is 8.34. The van der Waals surface area contributed by atoms with Gasteiger partial charge in [-0.25, -0.2) is 4.79 Å². The topological polar surface area (TPSA) is 96.9 Å². The first-order valence-electron chi connectivity index (χ1n) is 7.51. The zero-order chi connectivity index (χ0) is 17.1. The summed E-state index contributed by atoms with van der Waals surface area (Å²) in [5.41, 5.74) is 0.902. The zero-order valence-corrected chi connectivity index (χ0v) is 13.6. The Bertz CT molecular complexity index is 519. The summed E-state index contributed by atoms with van der Waals surface area (Å²) in [5.74, 6) is 0.471. The summed E-state index contributed by atoms with van der Waals surface area (Å²) in [5, 5.41) is 14.0. The van der Waals surface area contributed by atoms with Gasteiger partial charge in [0.05, 0.1) is 14.2 Å². The Morgan fingerprint density at radius 3 is 2.43 bits per heavy atom. The molecule has 0 radical (unpaired) electrons. The van der Waals surface area contributed by atoms with Crippen LogP contribution in [0.4, 0.5) is 4.79 Å². The van der Waals surface area contributed by atoms with Crippen molar-refractivity contribution in [3.8, 4) is 11.5 Å². The minimum absolute atomic E-state index is 0.172. The SMILES string of the molecule is COc1ccc(CNC(=O)NCCCCCC(=O)O)cc1OC. The zero-order valence-electron chi connectivity index (χ0n) is 13.6.